The van der Waals surface area contributed by atoms with Gasteiger partial charge in [-0.3, -0.25) is 51.9 Å². The molecule has 9 N–H and O–H groups in total. The Labute approximate surface area is 278 Å². The molecule has 0 spiro atoms. The normalized spacial score (nSPS) is 26.5. The average molecular weight is 757 g/mol. The van der Waals surface area contributed by atoms with Gasteiger partial charge in [0.2, 0.25) is 5.91 Å². The zero-order chi connectivity index (χ0) is 37.1. The number of aliphatic carboxylic acids is 1. The molecule has 2 aliphatic heterocycles. The number of amides is 1. The second kappa shape index (κ2) is 15.7. The molecule has 2 fully saturated rings. The van der Waals surface area contributed by atoms with Crippen LogP contribution in [0.4, 0.5) is 0 Å². The van der Waals surface area contributed by atoms with Crippen LogP contribution in [-0.2, 0) is 48.2 Å². The molecule has 0 saturated carbocycles. The van der Waals surface area contributed by atoms with E-state index in [1.54, 1.807) is 0 Å². The maximum Gasteiger partial charge on any atom is 0.472 e. The summed E-state index contributed by atoms with van der Waals surface area (Å²) in [6.07, 6.45) is -10.8. The van der Waals surface area contributed by atoms with Gasteiger partial charge in [0.1, 0.15) is 36.7 Å². The molecule has 24 nitrogen and oxygen atoms in total. The molecule has 278 valence electrons. The number of H-pyrrole nitrogens is 2. The SMILES string of the molecule is Cc1cn([C@H]2C[C@H](OP(=O)(O)OC[C@H]3O[C@@H](n4cc(CC(=O)NCCC(=O)O)c(=O)[nH]c4=O)[C@H](O)[C@@H]3O)[C@@H](COP(=O)(O)O)O2)c(=O)[nH]c1=O. The summed E-state index contributed by atoms with van der Waals surface area (Å²) >= 11 is 0. The van der Waals surface area contributed by atoms with Gasteiger partial charge in [-0.15, -0.1) is 0 Å². The minimum atomic E-state index is -5.18. The molecular formula is C24H33N5O19P2. The number of carboxylic acids is 1. The van der Waals surface area contributed by atoms with Crippen LogP contribution in [-0.4, -0.2) is 111 Å². The number of nitrogens with one attached hydrogen (secondary N) is 3. The third kappa shape index (κ3) is 9.99. The molecular weight excluding hydrogens is 724 g/mol. The van der Waals surface area contributed by atoms with E-state index in [4.69, 9.17) is 33.4 Å². The highest BCUT2D eigenvalue weighted by Crippen LogP contribution is 2.49. The van der Waals surface area contributed by atoms with Crippen molar-refractivity contribution in [1.29, 1.82) is 0 Å². The molecule has 2 aliphatic rings. The van der Waals surface area contributed by atoms with Gasteiger partial charge >= 0.3 is 33.0 Å². The molecule has 2 saturated heterocycles. The molecule has 4 rings (SSSR count). The van der Waals surface area contributed by atoms with Crippen LogP contribution in [0.2, 0.25) is 0 Å². The maximum atomic E-state index is 13.0. The molecule has 0 bridgehead atoms. The van der Waals surface area contributed by atoms with Crippen molar-refractivity contribution >= 4 is 27.5 Å². The van der Waals surface area contributed by atoms with E-state index in [1.165, 1.54) is 6.92 Å². The fourth-order valence-corrected chi connectivity index (χ4v) is 6.26. The molecule has 1 amide bonds. The number of aromatic nitrogens is 4. The second-order valence-corrected chi connectivity index (χ2v) is 13.7. The number of carboxylic acid groups (broad SMARTS) is 1. The number of phosphoric acid groups is 2. The number of hydrogen-bond donors (Lipinski definition) is 9. The monoisotopic (exact) mass is 757 g/mol. The van der Waals surface area contributed by atoms with E-state index >= 15 is 0 Å². The highest BCUT2D eigenvalue weighted by molar-refractivity contribution is 7.47. The van der Waals surface area contributed by atoms with Gasteiger partial charge in [-0.25, -0.2) is 18.7 Å². The van der Waals surface area contributed by atoms with E-state index < -0.39 is 125 Å². The number of ether oxygens (including phenoxy) is 2. The quantitative estimate of drug-likeness (QED) is 0.0783. The van der Waals surface area contributed by atoms with Crippen LogP contribution in [0.1, 0.15) is 36.4 Å². The highest BCUT2D eigenvalue weighted by Gasteiger charge is 2.47. The smallest absolute Gasteiger partial charge is 0.472 e. The lowest BCUT2D eigenvalue weighted by atomic mass is 10.1. The molecule has 8 atom stereocenters. The summed E-state index contributed by atoms with van der Waals surface area (Å²) in [7, 11) is -10.3. The van der Waals surface area contributed by atoms with Crippen molar-refractivity contribution in [3.05, 3.63) is 65.2 Å². The van der Waals surface area contributed by atoms with Crippen LogP contribution in [0.25, 0.3) is 0 Å². The third-order valence-corrected chi connectivity index (χ3v) is 8.88. The Kier molecular flexibility index (Phi) is 12.3. The molecule has 26 heteroatoms. The first kappa shape index (κ1) is 39.2. The van der Waals surface area contributed by atoms with Crippen LogP contribution in [0.15, 0.2) is 31.6 Å². The van der Waals surface area contributed by atoms with Crippen molar-refractivity contribution in [3.8, 4) is 0 Å². The first-order valence-electron chi connectivity index (χ1n) is 14.4. The van der Waals surface area contributed by atoms with E-state index in [-0.39, 0.29) is 17.7 Å². The van der Waals surface area contributed by atoms with Crippen molar-refractivity contribution in [2.75, 3.05) is 19.8 Å². The molecule has 0 aromatic carbocycles. The fraction of sp³-hybridized carbons (Fsp3) is 0.583. The summed E-state index contributed by atoms with van der Waals surface area (Å²) in [6.45, 7) is -0.714. The fourth-order valence-electron chi connectivity index (χ4n) is 4.95. The van der Waals surface area contributed by atoms with Crippen LogP contribution in [0.3, 0.4) is 0 Å². The summed E-state index contributed by atoms with van der Waals surface area (Å²) in [5.74, 6) is -1.95. The Bertz CT molecular complexity index is 1920. The van der Waals surface area contributed by atoms with Gasteiger partial charge in [-0.1, -0.05) is 0 Å². The summed E-state index contributed by atoms with van der Waals surface area (Å²) in [5.41, 5.74) is -3.95. The largest absolute Gasteiger partial charge is 0.481 e. The topological polar surface area (TPSA) is 358 Å². The zero-order valence-corrected chi connectivity index (χ0v) is 27.5. The Balaban J connectivity index is 1.44. The third-order valence-electron chi connectivity index (χ3n) is 7.38. The molecule has 1 unspecified atom stereocenters. The lowest BCUT2D eigenvalue weighted by Crippen LogP contribution is -2.39. The summed E-state index contributed by atoms with van der Waals surface area (Å²) in [6, 6.07) is 0. The summed E-state index contributed by atoms with van der Waals surface area (Å²) < 4.78 is 51.4. The Morgan fingerprint density at radius 3 is 2.24 bits per heavy atom. The second-order valence-electron chi connectivity index (χ2n) is 11.1. The Morgan fingerprint density at radius 2 is 1.58 bits per heavy atom. The molecule has 2 aromatic rings. The number of aliphatic hydroxyl groups excluding tert-OH is 2. The van der Waals surface area contributed by atoms with Crippen LogP contribution in [0, 0.1) is 6.92 Å². The summed E-state index contributed by atoms with van der Waals surface area (Å²) in [5, 5.41) is 32.1. The van der Waals surface area contributed by atoms with Crippen LogP contribution >= 0.6 is 15.6 Å². The highest BCUT2D eigenvalue weighted by atomic mass is 31.2. The van der Waals surface area contributed by atoms with E-state index in [9.17, 15) is 53.0 Å². The minimum Gasteiger partial charge on any atom is -0.481 e. The average Bonchev–Trinajstić information content (AvgIpc) is 3.52. The Morgan fingerprint density at radius 1 is 0.940 bits per heavy atom. The van der Waals surface area contributed by atoms with Crippen molar-refractivity contribution in [2.24, 2.45) is 0 Å². The number of rotatable bonds is 15. The van der Waals surface area contributed by atoms with E-state index in [0.29, 0.717) is 4.57 Å². The molecule has 50 heavy (non-hydrogen) atoms. The number of aryl methyl sites for hydroxylation is 1. The van der Waals surface area contributed by atoms with Crippen molar-refractivity contribution in [3.63, 3.8) is 0 Å². The standard InChI is InChI=1S/C24H33N5O19P2/c1-10-6-28(23(37)26-20(10)35)16-5-12(13(46-16)8-44-49(39,40)41)48-50(42,43)45-9-14-18(33)19(34)22(47-14)29-7-11(21(36)27-24(29)38)4-15(30)25-3-2-17(31)32/h6-7,12-14,16,18-19,22,33-34H,2-5,8-9H2,1H3,(H,25,30)(H,31,32)(H,42,43)(H,26,35,37)(H,27,36,38)(H2,39,40,41)/t12-,13+,14+,16+,18+,19+,22+/m0/s1. The van der Waals surface area contributed by atoms with Crippen molar-refractivity contribution < 1.29 is 71.8 Å². The first-order chi connectivity index (χ1) is 23.2. The van der Waals surface area contributed by atoms with Gasteiger partial charge in [-0.2, -0.15) is 0 Å². The minimum absolute atomic E-state index is 0.0891. The van der Waals surface area contributed by atoms with Gasteiger partial charge in [0, 0.05) is 36.5 Å². The number of carbonyl (C=O) groups is 2. The van der Waals surface area contributed by atoms with E-state index in [2.05, 4.69) is 9.84 Å². The van der Waals surface area contributed by atoms with Gasteiger partial charge in [0.15, 0.2) is 6.23 Å². The number of phosphoric ester groups is 2. The lowest BCUT2D eigenvalue weighted by Gasteiger charge is -2.22. The maximum absolute atomic E-state index is 13.0. The number of nitrogens with zero attached hydrogens (tertiary/aromatic N) is 2. The molecule has 4 heterocycles. The lowest BCUT2D eigenvalue weighted by molar-refractivity contribution is -0.136. The predicted octanol–water partition coefficient (Wildman–Crippen LogP) is -3.95. The van der Waals surface area contributed by atoms with Crippen molar-refractivity contribution in [1.82, 2.24) is 24.4 Å². The van der Waals surface area contributed by atoms with Crippen LogP contribution in [0.5, 0.6) is 0 Å². The van der Waals surface area contributed by atoms with Gasteiger partial charge in [0.05, 0.1) is 26.1 Å². The molecule has 2 aromatic heterocycles. The van der Waals surface area contributed by atoms with E-state index in [0.717, 1.165) is 17.0 Å². The van der Waals surface area contributed by atoms with Crippen molar-refractivity contribution in [2.45, 2.75) is 69.2 Å². The van der Waals surface area contributed by atoms with Gasteiger partial charge < -0.3 is 44.8 Å². The van der Waals surface area contributed by atoms with E-state index in [1.807, 2.05) is 9.97 Å². The van der Waals surface area contributed by atoms with Crippen LogP contribution < -0.4 is 27.8 Å². The number of carbonyl (C=O) groups excluding carboxylic acids is 1. The Hall–Kier alpha value is -3.64. The molecule has 0 radical (unpaired) electrons. The first-order valence-corrected chi connectivity index (χ1v) is 17.4. The zero-order valence-electron chi connectivity index (χ0n) is 25.7. The summed E-state index contributed by atoms with van der Waals surface area (Å²) in [4.78, 5) is 104. The molecule has 0 aliphatic carbocycles. The van der Waals surface area contributed by atoms with Gasteiger partial charge in [-0.05, 0) is 6.92 Å². The number of hydrogen-bond acceptors (Lipinski definition) is 15. The van der Waals surface area contributed by atoms with Gasteiger partial charge in [0.25, 0.3) is 11.1 Å². The number of aliphatic hydroxyl groups is 2. The predicted molar refractivity (Wildman–Crippen MR) is 159 cm³/mol. The number of aromatic amines is 2.